The van der Waals surface area contributed by atoms with E-state index in [4.69, 9.17) is 8.83 Å². The number of furan rings is 2. The fourth-order valence-electron chi connectivity index (χ4n) is 11.1. The van der Waals surface area contributed by atoms with E-state index in [0.717, 1.165) is 66.6 Å². The molecule has 0 saturated heterocycles. The SMILES string of the molecule is CC1(C)c2ccccc2N(c2ccc(-c3ccccc3)cc2)c2ccc3c(oc4cc5c(cc43)oc3c4c(ccc35)N(c3ccc(-c5ccccc5)cc3)c3ccccc3C4(C)C)c21. The minimum absolute atomic E-state index is 0.333. The summed E-state index contributed by atoms with van der Waals surface area (Å²) < 4.78 is 14.3. The summed E-state index contributed by atoms with van der Waals surface area (Å²) in [4.78, 5) is 4.81. The van der Waals surface area contributed by atoms with E-state index in [9.17, 15) is 0 Å². The maximum atomic E-state index is 7.13. The molecule has 2 aromatic heterocycles. The van der Waals surface area contributed by atoms with Crippen LogP contribution in [0.5, 0.6) is 0 Å². The fourth-order valence-corrected chi connectivity index (χ4v) is 11.1. The van der Waals surface area contributed by atoms with Gasteiger partial charge in [-0.1, -0.05) is 149 Å². The monoisotopic (exact) mass is 824 g/mol. The standard InChI is InChI=1S/C60H44N2O2/c1-59(2)47-19-11-13-21-49(47)61(41-27-23-39(24-28-41)37-15-7-5-8-16-37)51-33-31-43-45-35-54-46(36-53(45)63-57(43)55(51)59)44-32-34-52-56(58(44)64-54)60(3,4)48-20-12-14-22-50(48)62(52)42-29-25-40(26-30-42)38-17-9-6-10-18-38/h5-36H,1-4H3. The van der Waals surface area contributed by atoms with Crippen molar-refractivity contribution in [3.63, 3.8) is 0 Å². The molecule has 0 N–H and O–H groups in total. The molecule has 0 bridgehead atoms. The van der Waals surface area contributed by atoms with E-state index in [-0.39, 0.29) is 10.8 Å². The van der Waals surface area contributed by atoms with Crippen molar-refractivity contribution in [3.8, 4) is 22.3 Å². The van der Waals surface area contributed by atoms with Gasteiger partial charge in [0.2, 0.25) is 0 Å². The second-order valence-electron chi connectivity index (χ2n) is 18.5. The van der Waals surface area contributed by atoms with Crippen molar-refractivity contribution in [2.45, 2.75) is 38.5 Å². The van der Waals surface area contributed by atoms with Crippen LogP contribution >= 0.6 is 0 Å². The minimum Gasteiger partial charge on any atom is -0.456 e. The first-order valence-corrected chi connectivity index (χ1v) is 22.3. The second kappa shape index (κ2) is 13.3. The molecule has 4 heteroatoms. The van der Waals surface area contributed by atoms with Crippen molar-refractivity contribution in [1.29, 1.82) is 0 Å². The van der Waals surface area contributed by atoms with Crippen LogP contribution in [0.3, 0.4) is 0 Å². The summed E-state index contributed by atoms with van der Waals surface area (Å²) in [5, 5.41) is 4.28. The Morgan fingerprint density at radius 1 is 0.328 bits per heavy atom. The van der Waals surface area contributed by atoms with Gasteiger partial charge < -0.3 is 18.6 Å². The first-order valence-electron chi connectivity index (χ1n) is 22.3. The molecule has 11 aromatic rings. The molecular formula is C60H44N2O2. The molecule has 306 valence electrons. The Kier molecular flexibility index (Phi) is 7.67. The van der Waals surface area contributed by atoms with Crippen LogP contribution in [0.4, 0.5) is 34.1 Å². The van der Waals surface area contributed by atoms with Gasteiger partial charge in [0.1, 0.15) is 22.3 Å². The zero-order valence-corrected chi connectivity index (χ0v) is 36.2. The zero-order valence-electron chi connectivity index (χ0n) is 36.2. The highest BCUT2D eigenvalue weighted by Gasteiger charge is 2.41. The molecule has 13 rings (SSSR count). The van der Waals surface area contributed by atoms with Gasteiger partial charge in [0, 0.05) is 54.9 Å². The molecule has 0 unspecified atom stereocenters. The first-order chi connectivity index (χ1) is 31.3. The van der Waals surface area contributed by atoms with Crippen LogP contribution in [0.1, 0.15) is 49.9 Å². The fraction of sp³-hybridized carbons (Fsp3) is 0.100. The quantitative estimate of drug-likeness (QED) is 0.177. The summed E-state index contributed by atoms with van der Waals surface area (Å²) >= 11 is 0. The van der Waals surface area contributed by atoms with E-state index in [1.54, 1.807) is 0 Å². The average Bonchev–Trinajstić information content (AvgIpc) is 3.88. The summed E-state index contributed by atoms with van der Waals surface area (Å²) in [7, 11) is 0. The van der Waals surface area contributed by atoms with E-state index in [1.807, 2.05) is 0 Å². The molecule has 0 spiro atoms. The number of fused-ring (bicyclic) bond motifs is 12. The topological polar surface area (TPSA) is 32.8 Å². The minimum atomic E-state index is -0.333. The Labute approximate surface area is 372 Å². The summed E-state index contributed by atoms with van der Waals surface area (Å²) in [6.07, 6.45) is 0. The molecule has 64 heavy (non-hydrogen) atoms. The van der Waals surface area contributed by atoms with Crippen molar-refractivity contribution < 1.29 is 8.83 Å². The normalized spacial score (nSPS) is 14.8. The average molecular weight is 825 g/mol. The van der Waals surface area contributed by atoms with Gasteiger partial charge in [0.05, 0.1) is 22.7 Å². The van der Waals surface area contributed by atoms with Crippen LogP contribution in [0, 0.1) is 0 Å². The van der Waals surface area contributed by atoms with E-state index in [0.29, 0.717) is 0 Å². The lowest BCUT2D eigenvalue weighted by Gasteiger charge is -2.41. The predicted molar refractivity (Wildman–Crippen MR) is 265 cm³/mol. The Hall–Kier alpha value is -7.82. The van der Waals surface area contributed by atoms with Gasteiger partial charge in [0.25, 0.3) is 0 Å². The van der Waals surface area contributed by atoms with Gasteiger partial charge in [-0.25, -0.2) is 0 Å². The number of para-hydroxylation sites is 2. The zero-order chi connectivity index (χ0) is 42.9. The molecule has 9 aromatic carbocycles. The molecule has 0 atom stereocenters. The number of hydrogen-bond donors (Lipinski definition) is 0. The Balaban J connectivity index is 0.971. The molecule has 0 radical (unpaired) electrons. The Morgan fingerprint density at radius 3 is 1.09 bits per heavy atom. The summed E-state index contributed by atoms with van der Waals surface area (Å²) in [5.74, 6) is 0. The first kappa shape index (κ1) is 36.8. The third kappa shape index (κ3) is 5.17. The van der Waals surface area contributed by atoms with Crippen LogP contribution < -0.4 is 9.80 Å². The van der Waals surface area contributed by atoms with Gasteiger partial charge in [-0.2, -0.15) is 0 Å². The molecule has 2 aliphatic rings. The predicted octanol–water partition coefficient (Wildman–Crippen LogP) is 17.0. The highest BCUT2D eigenvalue weighted by atomic mass is 16.3. The summed E-state index contributed by atoms with van der Waals surface area (Å²) in [6, 6.07) is 70.1. The van der Waals surface area contributed by atoms with Gasteiger partial charge >= 0.3 is 0 Å². The van der Waals surface area contributed by atoms with Gasteiger partial charge in [-0.15, -0.1) is 0 Å². The van der Waals surface area contributed by atoms with Crippen molar-refractivity contribution in [1.82, 2.24) is 0 Å². The number of hydrogen-bond acceptors (Lipinski definition) is 4. The van der Waals surface area contributed by atoms with E-state index < -0.39 is 0 Å². The number of rotatable bonds is 4. The lowest BCUT2D eigenvalue weighted by Crippen LogP contribution is -2.30. The van der Waals surface area contributed by atoms with Gasteiger partial charge in [-0.05, 0) is 106 Å². The summed E-state index contributed by atoms with van der Waals surface area (Å²) in [6.45, 7) is 9.32. The van der Waals surface area contributed by atoms with Crippen molar-refractivity contribution in [2.24, 2.45) is 0 Å². The van der Waals surface area contributed by atoms with E-state index >= 15 is 0 Å². The van der Waals surface area contributed by atoms with Gasteiger partial charge in [0.15, 0.2) is 0 Å². The molecule has 0 saturated carbocycles. The highest BCUT2D eigenvalue weighted by molar-refractivity contribution is 6.17. The number of anilines is 6. The molecule has 0 aliphatic carbocycles. The Bertz CT molecular complexity index is 3410. The van der Waals surface area contributed by atoms with E-state index in [1.165, 1.54) is 55.9 Å². The molecule has 0 fully saturated rings. The molecular weight excluding hydrogens is 781 g/mol. The summed E-state index contributed by atoms with van der Waals surface area (Å²) in [5.41, 5.74) is 19.4. The third-order valence-corrected chi connectivity index (χ3v) is 14.2. The Morgan fingerprint density at radius 2 is 0.688 bits per heavy atom. The van der Waals surface area contributed by atoms with Gasteiger partial charge in [-0.3, -0.25) is 0 Å². The molecule has 4 heterocycles. The largest absolute Gasteiger partial charge is 0.456 e. The molecule has 2 aliphatic heterocycles. The van der Waals surface area contributed by atoms with E-state index in [2.05, 4.69) is 232 Å². The highest BCUT2D eigenvalue weighted by Crippen LogP contribution is 2.57. The van der Waals surface area contributed by atoms with Crippen LogP contribution in [-0.2, 0) is 10.8 Å². The number of benzene rings is 9. The lowest BCUT2D eigenvalue weighted by molar-refractivity contribution is 0.600. The molecule has 0 amide bonds. The van der Waals surface area contributed by atoms with Crippen LogP contribution in [0.2, 0.25) is 0 Å². The van der Waals surface area contributed by atoms with Crippen molar-refractivity contribution in [2.75, 3.05) is 9.80 Å². The maximum absolute atomic E-state index is 7.13. The van der Waals surface area contributed by atoms with Crippen LogP contribution in [0.15, 0.2) is 203 Å². The molecule has 4 nitrogen and oxygen atoms in total. The lowest BCUT2D eigenvalue weighted by atomic mass is 9.73. The maximum Gasteiger partial charge on any atom is 0.141 e. The third-order valence-electron chi connectivity index (χ3n) is 14.2. The van der Waals surface area contributed by atoms with Crippen LogP contribution in [0.25, 0.3) is 66.1 Å². The van der Waals surface area contributed by atoms with Crippen molar-refractivity contribution >= 4 is 78.0 Å². The van der Waals surface area contributed by atoms with Crippen LogP contribution in [-0.4, -0.2) is 0 Å². The smallest absolute Gasteiger partial charge is 0.141 e. The number of nitrogens with zero attached hydrogens (tertiary/aromatic N) is 2. The van der Waals surface area contributed by atoms with Crippen molar-refractivity contribution in [3.05, 3.63) is 216 Å². The second-order valence-corrected chi connectivity index (χ2v) is 18.5.